The molecule has 2 heterocycles. The second kappa shape index (κ2) is 4.16. The lowest BCUT2D eigenvalue weighted by molar-refractivity contribution is 0.526. The third kappa shape index (κ3) is 1.99. The molecule has 2 heteroatoms. The van der Waals surface area contributed by atoms with Crippen molar-refractivity contribution in [2.75, 3.05) is 0 Å². The largest absolute Gasteiger partial charge is 0.332 e. The second-order valence-electron chi connectivity index (χ2n) is 4.56. The Bertz CT molecular complexity index is 292. The fourth-order valence-electron chi connectivity index (χ4n) is 1.86. The lowest BCUT2D eigenvalue weighted by Gasteiger charge is -2.19. The van der Waals surface area contributed by atoms with Crippen molar-refractivity contribution in [3.63, 3.8) is 0 Å². The fraction of sp³-hybridized carbons (Fsp3) is 0.750. The quantitative estimate of drug-likeness (QED) is 0.620. The molecule has 1 aromatic heterocycles. The zero-order valence-electron chi connectivity index (χ0n) is 10.1. The number of hydrogen-bond acceptors (Lipinski definition) is 1. The molecule has 0 saturated carbocycles. The molecular weight excluding hydrogens is 172 g/mol. The van der Waals surface area contributed by atoms with Gasteiger partial charge < -0.3 is 4.57 Å². The Morgan fingerprint density at radius 3 is 2.50 bits per heavy atom. The van der Waals surface area contributed by atoms with Crippen molar-refractivity contribution in [2.24, 2.45) is 0 Å². The normalized spacial score (nSPS) is 14.6. The highest BCUT2D eigenvalue weighted by Gasteiger charge is 2.23. The highest BCUT2D eigenvalue weighted by Crippen LogP contribution is 2.26. The molecule has 0 bridgehead atoms. The maximum Gasteiger partial charge on any atom is 0.108 e. The number of imidazole rings is 1. The summed E-state index contributed by atoms with van der Waals surface area (Å²) in [4.78, 5) is 4.43. The molecule has 0 fully saturated rings. The van der Waals surface area contributed by atoms with Crippen molar-refractivity contribution in [1.82, 2.24) is 9.55 Å². The molecule has 1 aliphatic heterocycles. The third-order valence-corrected chi connectivity index (χ3v) is 2.49. The zero-order chi connectivity index (χ0) is 10.8. The molecule has 0 saturated heterocycles. The molecule has 0 atom stereocenters. The number of hydrogen-bond donors (Lipinski definition) is 0. The van der Waals surface area contributed by atoms with Crippen LogP contribution in [0.3, 0.4) is 0 Å². The van der Waals surface area contributed by atoms with E-state index in [0.717, 1.165) is 6.42 Å². The van der Waals surface area contributed by atoms with E-state index in [9.17, 15) is 0 Å². The van der Waals surface area contributed by atoms with E-state index in [1.807, 2.05) is 20.0 Å². The van der Waals surface area contributed by atoms with Crippen LogP contribution in [0, 0.1) is 0 Å². The summed E-state index contributed by atoms with van der Waals surface area (Å²) >= 11 is 0. The summed E-state index contributed by atoms with van der Waals surface area (Å²) in [5.41, 5.74) is 1.63. The van der Waals surface area contributed by atoms with Crippen LogP contribution in [0.4, 0.5) is 0 Å². The van der Waals surface area contributed by atoms with Gasteiger partial charge in [0.25, 0.3) is 0 Å². The molecule has 0 spiro atoms. The van der Waals surface area contributed by atoms with Gasteiger partial charge in [-0.05, 0) is 6.42 Å². The number of rotatable bonds is 0. The monoisotopic (exact) mass is 194 g/mol. The van der Waals surface area contributed by atoms with Crippen molar-refractivity contribution >= 4 is 0 Å². The van der Waals surface area contributed by atoms with Gasteiger partial charge in [0.15, 0.2) is 0 Å². The Hall–Kier alpha value is -0.790. The molecule has 0 amide bonds. The van der Waals surface area contributed by atoms with Crippen molar-refractivity contribution in [3.05, 3.63) is 17.7 Å². The van der Waals surface area contributed by atoms with E-state index in [1.54, 1.807) is 0 Å². The predicted octanol–water partition coefficient (Wildman–Crippen LogP) is 3.15. The molecule has 1 aliphatic rings. The standard InChI is InChI=1S/C10H16N2.C2H6/c1-10(2,3)8-7-11-9-5-4-6-12(8)9;1-2/h7H,4-6H2,1-3H3;1-2H3. The van der Waals surface area contributed by atoms with Crippen molar-refractivity contribution < 1.29 is 0 Å². The number of nitrogens with zero attached hydrogens (tertiary/aromatic N) is 2. The first-order valence-electron chi connectivity index (χ1n) is 5.64. The predicted molar refractivity (Wildman–Crippen MR) is 60.6 cm³/mol. The van der Waals surface area contributed by atoms with Crippen molar-refractivity contribution in [1.29, 1.82) is 0 Å². The van der Waals surface area contributed by atoms with Crippen molar-refractivity contribution in [3.8, 4) is 0 Å². The molecule has 0 aliphatic carbocycles. The average molecular weight is 194 g/mol. The average Bonchev–Trinajstić information content (AvgIpc) is 2.64. The van der Waals surface area contributed by atoms with Gasteiger partial charge >= 0.3 is 0 Å². The maximum atomic E-state index is 4.43. The summed E-state index contributed by atoms with van der Waals surface area (Å²) in [6, 6.07) is 0. The molecule has 0 N–H and O–H groups in total. The van der Waals surface area contributed by atoms with Crippen LogP contribution in [-0.2, 0) is 18.4 Å². The molecule has 2 nitrogen and oxygen atoms in total. The minimum Gasteiger partial charge on any atom is -0.332 e. The van der Waals surface area contributed by atoms with Crippen LogP contribution in [0.15, 0.2) is 6.20 Å². The van der Waals surface area contributed by atoms with Crippen LogP contribution in [-0.4, -0.2) is 9.55 Å². The van der Waals surface area contributed by atoms with Gasteiger partial charge in [0.2, 0.25) is 0 Å². The first-order chi connectivity index (χ1) is 6.59. The molecule has 1 aromatic rings. The van der Waals surface area contributed by atoms with E-state index in [4.69, 9.17) is 0 Å². The van der Waals surface area contributed by atoms with Crippen LogP contribution in [0.1, 0.15) is 52.6 Å². The van der Waals surface area contributed by atoms with Crippen molar-refractivity contribution in [2.45, 2.75) is 59.4 Å². The maximum absolute atomic E-state index is 4.43. The molecule has 0 aromatic carbocycles. The lowest BCUT2D eigenvalue weighted by Crippen LogP contribution is -2.16. The van der Waals surface area contributed by atoms with Crippen LogP contribution in [0.2, 0.25) is 0 Å². The van der Waals surface area contributed by atoms with Crippen LogP contribution >= 0.6 is 0 Å². The van der Waals surface area contributed by atoms with Gasteiger partial charge in [0, 0.05) is 30.3 Å². The molecular formula is C12H22N2. The van der Waals surface area contributed by atoms with Gasteiger partial charge in [0.1, 0.15) is 5.82 Å². The second-order valence-corrected chi connectivity index (χ2v) is 4.56. The molecule has 0 unspecified atom stereocenters. The van der Waals surface area contributed by atoms with Gasteiger partial charge in [-0.25, -0.2) is 4.98 Å². The van der Waals surface area contributed by atoms with Gasteiger partial charge in [-0.2, -0.15) is 0 Å². The van der Waals surface area contributed by atoms with Crippen LogP contribution < -0.4 is 0 Å². The smallest absolute Gasteiger partial charge is 0.108 e. The summed E-state index contributed by atoms with van der Waals surface area (Å²) in [5.74, 6) is 1.28. The van der Waals surface area contributed by atoms with Gasteiger partial charge in [-0.15, -0.1) is 0 Å². The van der Waals surface area contributed by atoms with Gasteiger partial charge in [-0.1, -0.05) is 34.6 Å². The molecule has 80 valence electrons. The minimum atomic E-state index is 0.246. The highest BCUT2D eigenvalue weighted by molar-refractivity contribution is 5.16. The fourth-order valence-corrected chi connectivity index (χ4v) is 1.86. The van der Waals surface area contributed by atoms with Gasteiger partial charge in [-0.3, -0.25) is 0 Å². The molecule has 14 heavy (non-hydrogen) atoms. The topological polar surface area (TPSA) is 17.8 Å². The number of aromatic nitrogens is 2. The summed E-state index contributed by atoms with van der Waals surface area (Å²) < 4.78 is 2.38. The summed E-state index contributed by atoms with van der Waals surface area (Å²) in [5, 5.41) is 0. The van der Waals surface area contributed by atoms with E-state index in [-0.39, 0.29) is 5.41 Å². The van der Waals surface area contributed by atoms with E-state index in [1.165, 1.54) is 24.5 Å². The van der Waals surface area contributed by atoms with Crippen LogP contribution in [0.5, 0.6) is 0 Å². The Balaban J connectivity index is 0.000000461. The zero-order valence-corrected chi connectivity index (χ0v) is 10.1. The summed E-state index contributed by atoms with van der Waals surface area (Å²) in [6.45, 7) is 11.9. The highest BCUT2D eigenvalue weighted by atomic mass is 15.1. The third-order valence-electron chi connectivity index (χ3n) is 2.49. The van der Waals surface area contributed by atoms with E-state index in [2.05, 4.69) is 30.3 Å². The first kappa shape index (κ1) is 11.3. The molecule has 0 radical (unpaired) electrons. The SMILES string of the molecule is CC.CC(C)(C)c1cnc2n1CCC2. The van der Waals surface area contributed by atoms with Gasteiger partial charge in [0.05, 0.1) is 0 Å². The Kier molecular flexibility index (Phi) is 3.35. The number of fused-ring (bicyclic) bond motifs is 1. The Morgan fingerprint density at radius 2 is 1.93 bits per heavy atom. The lowest BCUT2D eigenvalue weighted by atomic mass is 9.93. The minimum absolute atomic E-state index is 0.246. The summed E-state index contributed by atoms with van der Waals surface area (Å²) in [6.07, 6.45) is 4.47. The summed E-state index contributed by atoms with van der Waals surface area (Å²) in [7, 11) is 0. The van der Waals surface area contributed by atoms with E-state index < -0.39 is 0 Å². The van der Waals surface area contributed by atoms with E-state index in [0.29, 0.717) is 0 Å². The number of aryl methyl sites for hydroxylation is 1. The van der Waals surface area contributed by atoms with Crippen LogP contribution in [0.25, 0.3) is 0 Å². The Labute approximate surface area is 87.4 Å². The Morgan fingerprint density at radius 1 is 1.29 bits per heavy atom. The van der Waals surface area contributed by atoms with E-state index >= 15 is 0 Å². The molecule has 2 rings (SSSR count). The first-order valence-corrected chi connectivity index (χ1v) is 5.64.